The molecular formula is C16H25NO2S. The zero-order chi connectivity index (χ0) is 14.5. The second kappa shape index (κ2) is 7.23. The van der Waals surface area contributed by atoms with Crippen LogP contribution in [0.4, 0.5) is 0 Å². The topological polar surface area (TPSA) is 30.5 Å². The fourth-order valence-corrected chi connectivity index (χ4v) is 3.72. The van der Waals surface area contributed by atoms with Crippen LogP contribution in [-0.4, -0.2) is 31.8 Å². The molecule has 4 heteroatoms. The van der Waals surface area contributed by atoms with Gasteiger partial charge in [0.05, 0.1) is 14.2 Å². The van der Waals surface area contributed by atoms with Gasteiger partial charge in [-0.15, -0.1) is 0 Å². The molecule has 0 heterocycles. The van der Waals surface area contributed by atoms with E-state index in [9.17, 15) is 0 Å². The molecule has 0 saturated heterocycles. The SMILES string of the molecule is COc1ccc(C(C)NC2CCC(SC)C2)c(OC)c1. The number of hydrogen-bond acceptors (Lipinski definition) is 4. The van der Waals surface area contributed by atoms with Crippen molar-refractivity contribution in [3.8, 4) is 11.5 Å². The quantitative estimate of drug-likeness (QED) is 0.868. The van der Waals surface area contributed by atoms with Crippen LogP contribution >= 0.6 is 11.8 Å². The van der Waals surface area contributed by atoms with Gasteiger partial charge in [0.1, 0.15) is 11.5 Å². The third-order valence-corrected chi connectivity index (χ3v) is 5.21. The maximum atomic E-state index is 5.49. The van der Waals surface area contributed by atoms with Gasteiger partial charge in [0, 0.05) is 29.0 Å². The highest BCUT2D eigenvalue weighted by molar-refractivity contribution is 7.99. The van der Waals surface area contributed by atoms with E-state index in [0.717, 1.165) is 16.7 Å². The Labute approximate surface area is 126 Å². The molecule has 0 bridgehead atoms. The highest BCUT2D eigenvalue weighted by atomic mass is 32.2. The molecule has 1 aliphatic carbocycles. The number of ether oxygens (including phenoxy) is 2. The van der Waals surface area contributed by atoms with Gasteiger partial charge in [0.2, 0.25) is 0 Å². The largest absolute Gasteiger partial charge is 0.497 e. The molecule has 0 aromatic heterocycles. The van der Waals surface area contributed by atoms with Gasteiger partial charge in [-0.05, 0) is 38.5 Å². The van der Waals surface area contributed by atoms with Crippen LogP contribution in [0.2, 0.25) is 0 Å². The minimum Gasteiger partial charge on any atom is -0.497 e. The van der Waals surface area contributed by atoms with Gasteiger partial charge in [-0.1, -0.05) is 6.07 Å². The molecule has 3 unspecified atom stereocenters. The molecular weight excluding hydrogens is 270 g/mol. The van der Waals surface area contributed by atoms with Gasteiger partial charge < -0.3 is 14.8 Å². The van der Waals surface area contributed by atoms with E-state index in [1.807, 2.05) is 23.9 Å². The molecule has 3 nitrogen and oxygen atoms in total. The molecule has 1 fully saturated rings. The molecule has 0 spiro atoms. The molecule has 1 saturated carbocycles. The summed E-state index contributed by atoms with van der Waals surface area (Å²) >= 11 is 1.99. The van der Waals surface area contributed by atoms with Crippen molar-refractivity contribution < 1.29 is 9.47 Å². The highest BCUT2D eigenvalue weighted by Gasteiger charge is 2.25. The first-order valence-corrected chi connectivity index (χ1v) is 8.47. The maximum absolute atomic E-state index is 5.49. The Morgan fingerprint density at radius 3 is 2.65 bits per heavy atom. The third-order valence-electron chi connectivity index (χ3n) is 4.11. The van der Waals surface area contributed by atoms with E-state index in [0.29, 0.717) is 12.1 Å². The van der Waals surface area contributed by atoms with E-state index >= 15 is 0 Å². The summed E-state index contributed by atoms with van der Waals surface area (Å²) < 4.78 is 10.7. The van der Waals surface area contributed by atoms with Crippen molar-refractivity contribution >= 4 is 11.8 Å². The molecule has 1 aromatic carbocycles. The lowest BCUT2D eigenvalue weighted by molar-refractivity contribution is 0.380. The van der Waals surface area contributed by atoms with Crippen LogP contribution in [0.5, 0.6) is 11.5 Å². The van der Waals surface area contributed by atoms with Crippen molar-refractivity contribution in [2.75, 3.05) is 20.5 Å². The summed E-state index contributed by atoms with van der Waals surface area (Å²) in [6.45, 7) is 2.21. The van der Waals surface area contributed by atoms with Crippen LogP contribution in [0.3, 0.4) is 0 Å². The first kappa shape index (κ1) is 15.5. The van der Waals surface area contributed by atoms with E-state index in [-0.39, 0.29) is 0 Å². The fraction of sp³-hybridized carbons (Fsp3) is 0.625. The van der Waals surface area contributed by atoms with Gasteiger partial charge in [-0.25, -0.2) is 0 Å². The molecule has 1 aliphatic rings. The van der Waals surface area contributed by atoms with Crippen molar-refractivity contribution in [3.05, 3.63) is 23.8 Å². The smallest absolute Gasteiger partial charge is 0.127 e. The summed E-state index contributed by atoms with van der Waals surface area (Å²) in [5.41, 5.74) is 1.20. The summed E-state index contributed by atoms with van der Waals surface area (Å²) in [5, 5.41) is 4.55. The predicted molar refractivity (Wildman–Crippen MR) is 86.0 cm³/mol. The van der Waals surface area contributed by atoms with Gasteiger partial charge in [0.25, 0.3) is 0 Å². The normalized spacial score (nSPS) is 23.6. The number of nitrogens with one attached hydrogen (secondary N) is 1. The Balaban J connectivity index is 2.03. The van der Waals surface area contributed by atoms with Crippen LogP contribution in [0.1, 0.15) is 37.8 Å². The van der Waals surface area contributed by atoms with Crippen LogP contribution < -0.4 is 14.8 Å². The number of hydrogen-bond donors (Lipinski definition) is 1. The molecule has 1 N–H and O–H groups in total. The molecule has 112 valence electrons. The number of rotatable bonds is 6. The van der Waals surface area contributed by atoms with Gasteiger partial charge in [0.15, 0.2) is 0 Å². The minimum absolute atomic E-state index is 0.293. The summed E-state index contributed by atoms with van der Waals surface area (Å²) in [7, 11) is 3.39. The molecule has 0 amide bonds. The Kier molecular flexibility index (Phi) is 5.61. The molecule has 20 heavy (non-hydrogen) atoms. The van der Waals surface area contributed by atoms with Crippen molar-refractivity contribution in [1.29, 1.82) is 0 Å². The zero-order valence-corrected chi connectivity index (χ0v) is 13.6. The molecule has 0 radical (unpaired) electrons. The molecule has 2 rings (SSSR count). The second-order valence-electron chi connectivity index (χ2n) is 5.36. The Morgan fingerprint density at radius 2 is 2.05 bits per heavy atom. The Bertz CT molecular complexity index is 438. The summed E-state index contributed by atoms with van der Waals surface area (Å²) in [4.78, 5) is 0. The fourth-order valence-electron chi connectivity index (χ4n) is 2.93. The van der Waals surface area contributed by atoms with Crippen LogP contribution in [-0.2, 0) is 0 Å². The van der Waals surface area contributed by atoms with Crippen LogP contribution in [0.25, 0.3) is 0 Å². The van der Waals surface area contributed by atoms with Crippen LogP contribution in [0, 0.1) is 0 Å². The number of methoxy groups -OCH3 is 2. The minimum atomic E-state index is 0.293. The average Bonchev–Trinajstić information content (AvgIpc) is 2.94. The van der Waals surface area contributed by atoms with Crippen molar-refractivity contribution in [2.24, 2.45) is 0 Å². The lowest BCUT2D eigenvalue weighted by Crippen LogP contribution is -2.29. The Morgan fingerprint density at radius 1 is 1.25 bits per heavy atom. The number of thioether (sulfide) groups is 1. The zero-order valence-electron chi connectivity index (χ0n) is 12.8. The van der Waals surface area contributed by atoms with E-state index in [1.54, 1.807) is 14.2 Å². The maximum Gasteiger partial charge on any atom is 0.127 e. The monoisotopic (exact) mass is 295 g/mol. The number of benzene rings is 1. The van der Waals surface area contributed by atoms with Gasteiger partial charge >= 0.3 is 0 Å². The molecule has 0 aliphatic heterocycles. The van der Waals surface area contributed by atoms with Crippen LogP contribution in [0.15, 0.2) is 18.2 Å². The van der Waals surface area contributed by atoms with Crippen molar-refractivity contribution in [2.45, 2.75) is 43.5 Å². The van der Waals surface area contributed by atoms with Crippen molar-refractivity contribution in [1.82, 2.24) is 5.32 Å². The van der Waals surface area contributed by atoms with E-state index in [1.165, 1.54) is 24.8 Å². The Hall–Kier alpha value is -0.870. The van der Waals surface area contributed by atoms with Gasteiger partial charge in [-0.2, -0.15) is 11.8 Å². The molecule has 3 atom stereocenters. The summed E-state index contributed by atoms with van der Waals surface area (Å²) in [5.74, 6) is 1.73. The van der Waals surface area contributed by atoms with E-state index in [4.69, 9.17) is 9.47 Å². The first-order chi connectivity index (χ1) is 9.67. The van der Waals surface area contributed by atoms with Gasteiger partial charge in [-0.3, -0.25) is 0 Å². The highest BCUT2D eigenvalue weighted by Crippen LogP contribution is 2.33. The average molecular weight is 295 g/mol. The summed E-state index contributed by atoms with van der Waals surface area (Å²) in [6.07, 6.45) is 6.08. The second-order valence-corrected chi connectivity index (χ2v) is 6.50. The third kappa shape index (κ3) is 3.61. The molecule has 1 aromatic rings. The predicted octanol–water partition coefficient (Wildman–Crippen LogP) is 3.64. The van der Waals surface area contributed by atoms with E-state index in [2.05, 4.69) is 24.6 Å². The lowest BCUT2D eigenvalue weighted by atomic mass is 10.1. The standard InChI is InChI=1S/C16H25NO2S/c1-11(17-12-5-7-14(9-12)20-4)15-8-6-13(18-2)10-16(15)19-3/h6,8,10-12,14,17H,5,7,9H2,1-4H3. The summed E-state index contributed by atoms with van der Waals surface area (Å²) in [6, 6.07) is 6.95. The lowest BCUT2D eigenvalue weighted by Gasteiger charge is -2.22. The first-order valence-electron chi connectivity index (χ1n) is 7.18. The van der Waals surface area contributed by atoms with E-state index < -0.39 is 0 Å². The van der Waals surface area contributed by atoms with Crippen molar-refractivity contribution in [3.63, 3.8) is 0 Å².